The van der Waals surface area contributed by atoms with Gasteiger partial charge in [-0.15, -0.1) is 0 Å². The highest BCUT2D eigenvalue weighted by Gasteiger charge is 2.25. The molecule has 1 amide bonds. The summed E-state index contributed by atoms with van der Waals surface area (Å²) in [6, 6.07) is 11.6. The highest BCUT2D eigenvalue weighted by Crippen LogP contribution is 2.25. The Labute approximate surface area is 200 Å². The van der Waals surface area contributed by atoms with Gasteiger partial charge < -0.3 is 9.15 Å². The predicted molar refractivity (Wildman–Crippen MR) is 125 cm³/mol. The minimum Gasteiger partial charge on any atom is -0.462 e. The number of anilines is 1. The fourth-order valence-corrected chi connectivity index (χ4v) is 4.34. The van der Waals surface area contributed by atoms with E-state index in [9.17, 15) is 23.3 Å². The number of furan rings is 1. The zero-order chi connectivity index (χ0) is 24.9. The first kappa shape index (κ1) is 24.8. The number of aromatic nitrogens is 2. The lowest BCUT2D eigenvalue weighted by Gasteiger charge is -2.03. The van der Waals surface area contributed by atoms with Gasteiger partial charge in [0, 0.05) is 23.2 Å². The molecule has 10 nitrogen and oxygen atoms in total. The standard InChI is InChI=1S/C22H20N4O6S2/c1-4-31-20(28)15-7-5-6-14(10-15)18-9-8-17(32-18)11-16(12-23)19(27)24-21-25-22(26-33-21)34(29,30)13(2)3/h5-11,13H,4H2,1-3H3,(H,24,25,26,27)/b16-11-. The fourth-order valence-electron chi connectivity index (χ4n) is 2.64. The summed E-state index contributed by atoms with van der Waals surface area (Å²) in [5.41, 5.74) is 0.686. The summed E-state index contributed by atoms with van der Waals surface area (Å²) in [4.78, 5) is 28.3. The number of esters is 1. The molecular weight excluding hydrogens is 480 g/mol. The second-order valence-corrected chi connectivity index (χ2v) is 10.3. The van der Waals surface area contributed by atoms with Crippen LogP contribution in [0.1, 0.15) is 36.9 Å². The number of nitrogens with one attached hydrogen (secondary N) is 1. The van der Waals surface area contributed by atoms with Crippen LogP contribution >= 0.6 is 11.5 Å². The molecule has 0 aliphatic rings. The number of carbonyl (C=O) groups is 2. The minimum absolute atomic E-state index is 0.0544. The third-order valence-corrected chi connectivity index (χ3v) is 7.12. The van der Waals surface area contributed by atoms with E-state index in [-0.39, 0.29) is 28.2 Å². The maximum Gasteiger partial charge on any atom is 0.338 e. The van der Waals surface area contributed by atoms with Crippen molar-refractivity contribution < 1.29 is 27.2 Å². The molecule has 0 spiro atoms. The first-order valence-corrected chi connectivity index (χ1v) is 12.4. The predicted octanol–water partition coefficient (Wildman–Crippen LogP) is 3.70. The van der Waals surface area contributed by atoms with Gasteiger partial charge in [-0.2, -0.15) is 14.6 Å². The van der Waals surface area contributed by atoms with Crippen LogP contribution in [0.15, 0.2) is 51.5 Å². The van der Waals surface area contributed by atoms with Gasteiger partial charge in [-0.3, -0.25) is 10.1 Å². The van der Waals surface area contributed by atoms with Gasteiger partial charge in [-0.25, -0.2) is 13.2 Å². The molecule has 2 aromatic heterocycles. The summed E-state index contributed by atoms with van der Waals surface area (Å²) >= 11 is 0.695. The van der Waals surface area contributed by atoms with Gasteiger partial charge in [0.25, 0.3) is 11.1 Å². The average molecular weight is 501 g/mol. The summed E-state index contributed by atoms with van der Waals surface area (Å²) in [6.45, 7) is 4.96. The van der Waals surface area contributed by atoms with Crippen LogP contribution in [0.4, 0.5) is 5.13 Å². The number of rotatable bonds is 8. The first-order valence-electron chi connectivity index (χ1n) is 10.0. The molecule has 0 unspecified atom stereocenters. The molecule has 3 aromatic rings. The van der Waals surface area contributed by atoms with Crippen LogP contribution in [0, 0.1) is 11.3 Å². The topological polar surface area (TPSA) is 152 Å². The van der Waals surface area contributed by atoms with Gasteiger partial charge in [0.05, 0.1) is 17.4 Å². The number of hydrogen-bond acceptors (Lipinski definition) is 10. The second-order valence-electron chi connectivity index (χ2n) is 7.10. The summed E-state index contributed by atoms with van der Waals surface area (Å²) in [6.07, 6.45) is 1.24. The fraction of sp³-hybridized carbons (Fsp3) is 0.227. The first-order chi connectivity index (χ1) is 16.1. The Morgan fingerprint density at radius 2 is 2.06 bits per heavy atom. The molecule has 34 heavy (non-hydrogen) atoms. The molecule has 1 aromatic carbocycles. The Balaban J connectivity index is 1.78. The number of benzene rings is 1. The molecule has 0 radical (unpaired) electrons. The van der Waals surface area contributed by atoms with Gasteiger partial charge >= 0.3 is 5.97 Å². The zero-order valence-corrected chi connectivity index (χ0v) is 20.1. The van der Waals surface area contributed by atoms with E-state index >= 15 is 0 Å². The van der Waals surface area contributed by atoms with E-state index < -0.39 is 27.0 Å². The molecule has 1 N–H and O–H groups in total. The van der Waals surface area contributed by atoms with Crippen LogP contribution in [0.5, 0.6) is 0 Å². The molecule has 0 aliphatic heterocycles. The van der Waals surface area contributed by atoms with Crippen molar-refractivity contribution in [2.75, 3.05) is 11.9 Å². The van der Waals surface area contributed by atoms with Crippen LogP contribution in [0.3, 0.4) is 0 Å². The highest BCUT2D eigenvalue weighted by atomic mass is 32.2. The highest BCUT2D eigenvalue weighted by molar-refractivity contribution is 7.91. The Morgan fingerprint density at radius 1 is 1.29 bits per heavy atom. The van der Waals surface area contributed by atoms with E-state index in [0.717, 1.165) is 0 Å². The Morgan fingerprint density at radius 3 is 2.74 bits per heavy atom. The van der Waals surface area contributed by atoms with E-state index in [1.165, 1.54) is 19.9 Å². The van der Waals surface area contributed by atoms with Gasteiger partial charge in [0.1, 0.15) is 23.2 Å². The number of nitriles is 1. The Hall–Kier alpha value is -3.82. The van der Waals surface area contributed by atoms with Crippen molar-refractivity contribution in [2.45, 2.75) is 31.2 Å². The molecule has 0 atom stereocenters. The van der Waals surface area contributed by atoms with Crippen molar-refractivity contribution in [3.05, 3.63) is 53.3 Å². The maximum absolute atomic E-state index is 12.5. The van der Waals surface area contributed by atoms with E-state index in [4.69, 9.17) is 9.15 Å². The van der Waals surface area contributed by atoms with Crippen LogP contribution in [0.2, 0.25) is 0 Å². The summed E-state index contributed by atoms with van der Waals surface area (Å²) in [5, 5.41) is 10.6. The molecule has 0 saturated carbocycles. The molecule has 0 fully saturated rings. The minimum atomic E-state index is -3.69. The third kappa shape index (κ3) is 5.56. The monoisotopic (exact) mass is 500 g/mol. The van der Waals surface area contributed by atoms with Crippen LogP contribution in [-0.4, -0.2) is 41.5 Å². The van der Waals surface area contributed by atoms with Crippen LogP contribution in [0.25, 0.3) is 17.4 Å². The van der Waals surface area contributed by atoms with Crippen molar-refractivity contribution in [1.82, 2.24) is 9.36 Å². The number of sulfone groups is 1. The zero-order valence-electron chi connectivity index (χ0n) is 18.4. The lowest BCUT2D eigenvalue weighted by Crippen LogP contribution is -2.16. The molecule has 176 valence electrons. The third-order valence-electron chi connectivity index (χ3n) is 4.44. The van der Waals surface area contributed by atoms with Gasteiger partial charge in [-0.05, 0) is 45.0 Å². The number of ether oxygens (including phenoxy) is 1. The molecule has 2 heterocycles. The number of amides is 1. The van der Waals surface area contributed by atoms with Gasteiger partial charge in [-0.1, -0.05) is 12.1 Å². The van der Waals surface area contributed by atoms with Crippen molar-refractivity contribution in [3.8, 4) is 17.4 Å². The normalized spacial score (nSPS) is 11.8. The molecule has 12 heteroatoms. The second kappa shape index (κ2) is 10.4. The van der Waals surface area contributed by atoms with E-state index in [1.807, 2.05) is 0 Å². The smallest absolute Gasteiger partial charge is 0.338 e. The molecule has 0 aliphatic carbocycles. The lowest BCUT2D eigenvalue weighted by atomic mass is 10.1. The van der Waals surface area contributed by atoms with Crippen LogP contribution in [-0.2, 0) is 19.4 Å². The number of carbonyl (C=O) groups excluding carboxylic acids is 2. The van der Waals surface area contributed by atoms with Gasteiger partial charge in [0.2, 0.25) is 15.0 Å². The Bertz CT molecular complexity index is 1400. The van der Waals surface area contributed by atoms with Gasteiger partial charge in [0.15, 0.2) is 0 Å². The molecular formula is C22H20N4O6S2. The van der Waals surface area contributed by atoms with E-state index in [0.29, 0.717) is 28.4 Å². The van der Waals surface area contributed by atoms with Crippen molar-refractivity contribution in [3.63, 3.8) is 0 Å². The van der Waals surface area contributed by atoms with Crippen LogP contribution < -0.4 is 5.32 Å². The Kier molecular flexibility index (Phi) is 7.60. The molecule has 0 saturated heterocycles. The van der Waals surface area contributed by atoms with Crippen molar-refractivity contribution >= 4 is 44.5 Å². The van der Waals surface area contributed by atoms with Crippen molar-refractivity contribution in [2.24, 2.45) is 0 Å². The van der Waals surface area contributed by atoms with Crippen molar-refractivity contribution in [1.29, 1.82) is 5.26 Å². The largest absolute Gasteiger partial charge is 0.462 e. The lowest BCUT2D eigenvalue weighted by molar-refractivity contribution is -0.112. The number of nitrogens with zero attached hydrogens (tertiary/aromatic N) is 3. The SMILES string of the molecule is CCOC(=O)c1cccc(-c2ccc(/C=C(/C#N)C(=O)Nc3nc(S(=O)(=O)C(C)C)ns3)o2)c1. The summed E-state index contributed by atoms with van der Waals surface area (Å²) < 4.78 is 38.8. The van der Waals surface area contributed by atoms with E-state index in [1.54, 1.807) is 49.4 Å². The molecule has 0 bridgehead atoms. The summed E-state index contributed by atoms with van der Waals surface area (Å²) in [7, 11) is -3.69. The average Bonchev–Trinajstić information content (AvgIpc) is 3.47. The quantitative estimate of drug-likeness (QED) is 0.277. The number of hydrogen-bond donors (Lipinski definition) is 1. The molecule has 3 rings (SSSR count). The maximum atomic E-state index is 12.5. The van der Waals surface area contributed by atoms with E-state index in [2.05, 4.69) is 14.7 Å². The summed E-state index contributed by atoms with van der Waals surface area (Å²) in [5.74, 6) is -0.610.